The molecule has 0 aromatic carbocycles. The van der Waals surface area contributed by atoms with Gasteiger partial charge in [-0.25, -0.2) is 4.79 Å². The zero-order valence-electron chi connectivity index (χ0n) is 9.87. The van der Waals surface area contributed by atoms with Crippen molar-refractivity contribution in [3.63, 3.8) is 0 Å². The number of amides is 1. The van der Waals surface area contributed by atoms with Gasteiger partial charge in [0.25, 0.3) is 0 Å². The Labute approximate surface area is 101 Å². The Balaban J connectivity index is 2.42. The van der Waals surface area contributed by atoms with Crippen LogP contribution in [0.25, 0.3) is 0 Å². The lowest BCUT2D eigenvalue weighted by molar-refractivity contribution is 0.0295. The fraction of sp³-hybridized carbons (Fsp3) is 0.500. The fourth-order valence-corrected chi connectivity index (χ4v) is 1.61. The number of carbonyl (C=O) groups is 1. The summed E-state index contributed by atoms with van der Waals surface area (Å²) in [4.78, 5) is 14.6. The molecule has 5 nitrogen and oxygen atoms in total. The van der Waals surface area contributed by atoms with Crippen molar-refractivity contribution in [1.82, 2.24) is 4.98 Å². The lowest BCUT2D eigenvalue weighted by Gasteiger charge is -2.21. The van der Waals surface area contributed by atoms with Crippen LogP contribution in [0, 0.1) is 5.92 Å². The molecule has 0 aliphatic carbocycles. The highest BCUT2D eigenvalue weighted by Crippen LogP contribution is 2.15. The van der Waals surface area contributed by atoms with Crippen LogP contribution in [-0.4, -0.2) is 28.9 Å². The molecule has 0 saturated heterocycles. The first kappa shape index (κ1) is 13.4. The van der Waals surface area contributed by atoms with Crippen molar-refractivity contribution in [3.8, 4) is 0 Å². The van der Waals surface area contributed by atoms with Gasteiger partial charge in [0, 0.05) is 12.4 Å². The number of nitrogens with two attached hydrogens (primary N) is 1. The SMILES string of the molecule is CC(CCc1ccncc1)[C@H](CO)OC(N)=O. The molecule has 1 rings (SSSR count). The van der Waals surface area contributed by atoms with Crippen LogP contribution in [0.5, 0.6) is 0 Å². The van der Waals surface area contributed by atoms with Crippen molar-refractivity contribution < 1.29 is 14.6 Å². The summed E-state index contributed by atoms with van der Waals surface area (Å²) >= 11 is 0. The van der Waals surface area contributed by atoms with E-state index in [9.17, 15) is 4.79 Å². The van der Waals surface area contributed by atoms with Gasteiger partial charge in [-0.2, -0.15) is 0 Å². The number of aromatic nitrogens is 1. The monoisotopic (exact) mass is 238 g/mol. The molecule has 1 aromatic heterocycles. The average Bonchev–Trinajstić information content (AvgIpc) is 2.34. The molecule has 0 spiro atoms. The number of ether oxygens (including phenoxy) is 1. The van der Waals surface area contributed by atoms with Crippen LogP contribution in [0.15, 0.2) is 24.5 Å². The minimum Gasteiger partial charge on any atom is -0.444 e. The molecule has 94 valence electrons. The zero-order chi connectivity index (χ0) is 12.7. The topological polar surface area (TPSA) is 85.4 Å². The summed E-state index contributed by atoms with van der Waals surface area (Å²) in [5.41, 5.74) is 6.10. The van der Waals surface area contributed by atoms with Crippen molar-refractivity contribution in [2.45, 2.75) is 25.9 Å². The van der Waals surface area contributed by atoms with Gasteiger partial charge in [0.1, 0.15) is 6.10 Å². The molecule has 1 unspecified atom stereocenters. The quantitative estimate of drug-likeness (QED) is 0.777. The van der Waals surface area contributed by atoms with Gasteiger partial charge in [-0.05, 0) is 36.5 Å². The number of hydrogen-bond acceptors (Lipinski definition) is 4. The molecule has 5 heteroatoms. The Bertz CT molecular complexity index is 343. The van der Waals surface area contributed by atoms with Crippen LogP contribution in [-0.2, 0) is 11.2 Å². The zero-order valence-corrected chi connectivity index (χ0v) is 9.87. The Morgan fingerprint density at radius 2 is 2.18 bits per heavy atom. The molecule has 0 aliphatic heterocycles. The lowest BCUT2D eigenvalue weighted by atomic mass is 9.97. The molecule has 0 fully saturated rings. The van der Waals surface area contributed by atoms with E-state index in [0.717, 1.165) is 12.8 Å². The molecule has 17 heavy (non-hydrogen) atoms. The summed E-state index contributed by atoms with van der Waals surface area (Å²) in [6, 6.07) is 3.88. The van der Waals surface area contributed by atoms with E-state index in [-0.39, 0.29) is 12.5 Å². The van der Waals surface area contributed by atoms with E-state index in [1.807, 2.05) is 19.1 Å². The Morgan fingerprint density at radius 3 is 2.71 bits per heavy atom. The van der Waals surface area contributed by atoms with Gasteiger partial charge >= 0.3 is 6.09 Å². The number of pyridine rings is 1. The van der Waals surface area contributed by atoms with Gasteiger partial charge in [0.05, 0.1) is 6.61 Å². The third-order valence-electron chi connectivity index (χ3n) is 2.72. The van der Waals surface area contributed by atoms with Crippen LogP contribution in [0.4, 0.5) is 4.79 Å². The van der Waals surface area contributed by atoms with Crippen molar-refractivity contribution in [1.29, 1.82) is 0 Å². The molecule has 1 aromatic rings. The van der Waals surface area contributed by atoms with Gasteiger partial charge in [-0.1, -0.05) is 6.92 Å². The van der Waals surface area contributed by atoms with E-state index < -0.39 is 12.2 Å². The largest absolute Gasteiger partial charge is 0.444 e. The van der Waals surface area contributed by atoms with Crippen LogP contribution in [0.2, 0.25) is 0 Å². The van der Waals surface area contributed by atoms with Crippen LogP contribution < -0.4 is 5.73 Å². The third-order valence-corrected chi connectivity index (χ3v) is 2.72. The van der Waals surface area contributed by atoms with Gasteiger partial charge in [-0.3, -0.25) is 4.98 Å². The highest BCUT2D eigenvalue weighted by atomic mass is 16.6. The second kappa shape index (κ2) is 6.85. The van der Waals surface area contributed by atoms with Crippen molar-refractivity contribution in [2.24, 2.45) is 11.7 Å². The summed E-state index contributed by atoms with van der Waals surface area (Å²) < 4.78 is 4.83. The van der Waals surface area contributed by atoms with Gasteiger partial charge in [0.2, 0.25) is 0 Å². The Hall–Kier alpha value is -1.62. The first-order chi connectivity index (χ1) is 8.13. The smallest absolute Gasteiger partial charge is 0.404 e. The maximum absolute atomic E-state index is 10.6. The van der Waals surface area contributed by atoms with Crippen LogP contribution in [0.3, 0.4) is 0 Å². The number of carbonyl (C=O) groups excluding carboxylic acids is 1. The number of aliphatic hydroxyl groups is 1. The molecule has 0 bridgehead atoms. The van der Waals surface area contributed by atoms with Gasteiger partial charge < -0.3 is 15.6 Å². The molecule has 2 atom stereocenters. The summed E-state index contributed by atoms with van der Waals surface area (Å²) in [5, 5.41) is 9.10. The van der Waals surface area contributed by atoms with E-state index in [0.29, 0.717) is 0 Å². The summed E-state index contributed by atoms with van der Waals surface area (Å²) in [7, 11) is 0. The molecular formula is C12H18N2O3. The number of nitrogens with zero attached hydrogens (tertiary/aromatic N) is 1. The summed E-state index contributed by atoms with van der Waals surface area (Å²) in [5.74, 6) is 0.0562. The van der Waals surface area contributed by atoms with E-state index in [2.05, 4.69) is 4.98 Å². The number of hydrogen-bond donors (Lipinski definition) is 2. The Morgan fingerprint density at radius 1 is 1.53 bits per heavy atom. The number of aryl methyl sites for hydroxylation is 1. The molecular weight excluding hydrogens is 220 g/mol. The van der Waals surface area contributed by atoms with E-state index >= 15 is 0 Å². The van der Waals surface area contributed by atoms with Crippen molar-refractivity contribution >= 4 is 6.09 Å². The Kier molecular flexibility index (Phi) is 5.42. The van der Waals surface area contributed by atoms with E-state index in [1.165, 1.54) is 5.56 Å². The standard InChI is InChI=1S/C12H18N2O3/c1-9(11(8-15)17-12(13)16)2-3-10-4-6-14-7-5-10/h4-7,9,11,15H,2-3,8H2,1H3,(H2,13,16)/t9?,11-/m0/s1. The van der Waals surface area contributed by atoms with E-state index in [4.69, 9.17) is 15.6 Å². The maximum Gasteiger partial charge on any atom is 0.404 e. The molecule has 1 heterocycles. The van der Waals surface area contributed by atoms with E-state index in [1.54, 1.807) is 12.4 Å². The summed E-state index contributed by atoms with van der Waals surface area (Å²) in [6.45, 7) is 1.71. The second-order valence-electron chi connectivity index (χ2n) is 4.03. The normalized spacial score (nSPS) is 14.0. The molecule has 0 saturated carbocycles. The first-order valence-electron chi connectivity index (χ1n) is 5.59. The lowest BCUT2D eigenvalue weighted by Crippen LogP contribution is -2.31. The van der Waals surface area contributed by atoms with Crippen LogP contribution in [0.1, 0.15) is 18.9 Å². The average molecular weight is 238 g/mol. The molecule has 0 radical (unpaired) electrons. The predicted octanol–water partition coefficient (Wildman–Crippen LogP) is 1.11. The third kappa shape index (κ3) is 4.82. The van der Waals surface area contributed by atoms with Gasteiger partial charge in [-0.15, -0.1) is 0 Å². The van der Waals surface area contributed by atoms with Crippen molar-refractivity contribution in [3.05, 3.63) is 30.1 Å². The minimum atomic E-state index is -0.847. The number of primary amides is 1. The van der Waals surface area contributed by atoms with Crippen LogP contribution >= 0.6 is 0 Å². The number of rotatable bonds is 6. The van der Waals surface area contributed by atoms with Gasteiger partial charge in [0.15, 0.2) is 0 Å². The highest BCUT2D eigenvalue weighted by Gasteiger charge is 2.19. The molecule has 0 aliphatic rings. The second-order valence-corrected chi connectivity index (χ2v) is 4.03. The summed E-state index contributed by atoms with van der Waals surface area (Å²) in [6.07, 6.45) is 3.76. The highest BCUT2D eigenvalue weighted by molar-refractivity contribution is 5.64. The first-order valence-corrected chi connectivity index (χ1v) is 5.59. The number of aliphatic hydroxyl groups excluding tert-OH is 1. The minimum absolute atomic E-state index is 0.0562. The predicted molar refractivity (Wildman–Crippen MR) is 63.3 cm³/mol. The maximum atomic E-state index is 10.6. The van der Waals surface area contributed by atoms with Crippen molar-refractivity contribution in [2.75, 3.05) is 6.61 Å². The fourth-order valence-electron chi connectivity index (χ4n) is 1.61. The molecule has 1 amide bonds. The molecule has 3 N–H and O–H groups in total.